The molecule has 0 saturated carbocycles. The summed E-state index contributed by atoms with van der Waals surface area (Å²) in [6.45, 7) is 0.561. The van der Waals surface area contributed by atoms with Gasteiger partial charge in [-0.1, -0.05) is 41.9 Å². The summed E-state index contributed by atoms with van der Waals surface area (Å²) in [5.74, 6) is -0.154. The summed E-state index contributed by atoms with van der Waals surface area (Å²) in [6, 6.07) is 18.1. The highest BCUT2D eigenvalue weighted by Gasteiger charge is 2.35. The molecule has 2 amide bonds. The molecule has 2 aromatic carbocycles. The Morgan fingerprint density at radius 3 is 2.60 bits per heavy atom. The Hall–Kier alpha value is -3.75. The van der Waals surface area contributed by atoms with Crippen molar-refractivity contribution in [3.63, 3.8) is 0 Å². The first-order valence-corrected chi connectivity index (χ1v) is 11.9. The largest absolute Gasteiger partial charge is 0.463 e. The highest BCUT2D eigenvalue weighted by molar-refractivity contribution is 8.18. The van der Waals surface area contributed by atoms with Gasteiger partial charge >= 0.3 is 5.97 Å². The highest BCUT2D eigenvalue weighted by atomic mass is 35.5. The number of hydrogen-bond donors (Lipinski definition) is 0. The van der Waals surface area contributed by atoms with Crippen molar-refractivity contribution >= 4 is 57.5 Å². The molecule has 3 heterocycles. The monoisotopic (exact) mass is 506 g/mol. The number of para-hydroxylation sites is 1. The molecule has 9 heteroatoms. The van der Waals surface area contributed by atoms with Crippen LogP contribution >= 0.6 is 23.4 Å². The van der Waals surface area contributed by atoms with E-state index in [-0.39, 0.29) is 23.5 Å². The van der Waals surface area contributed by atoms with Gasteiger partial charge in [-0.15, -0.1) is 0 Å². The third-order valence-electron chi connectivity index (χ3n) is 5.61. The van der Waals surface area contributed by atoms with Crippen molar-refractivity contribution < 1.29 is 23.5 Å². The van der Waals surface area contributed by atoms with Gasteiger partial charge in [0.05, 0.1) is 25.1 Å². The molecule has 0 atom stereocenters. The van der Waals surface area contributed by atoms with Gasteiger partial charge in [-0.2, -0.15) is 0 Å². The van der Waals surface area contributed by atoms with Crippen molar-refractivity contribution in [1.82, 2.24) is 9.47 Å². The standard InChI is InChI=1S/C26H19ClN2O5S/c1-33-25(31)22-11-10-19(34-22)15-28-14-17(20-4-2-3-5-21(20)28)12-23-24(30)29(26(32)35-23)13-16-6-8-18(27)9-7-16/h2-12,14H,13,15H2,1H3/b23-12-. The van der Waals surface area contributed by atoms with E-state index in [4.69, 9.17) is 20.8 Å². The summed E-state index contributed by atoms with van der Waals surface area (Å²) in [6.07, 6.45) is 3.64. The minimum Gasteiger partial charge on any atom is -0.463 e. The van der Waals surface area contributed by atoms with E-state index < -0.39 is 5.97 Å². The number of aromatic nitrogens is 1. The number of carbonyl (C=O) groups is 3. The van der Waals surface area contributed by atoms with Crippen molar-refractivity contribution in [3.05, 3.63) is 99.4 Å². The van der Waals surface area contributed by atoms with Crippen LogP contribution in [0.2, 0.25) is 5.02 Å². The summed E-state index contributed by atoms with van der Waals surface area (Å²) < 4.78 is 12.3. The van der Waals surface area contributed by atoms with Crippen LogP contribution in [-0.2, 0) is 22.6 Å². The zero-order valence-corrected chi connectivity index (χ0v) is 20.1. The van der Waals surface area contributed by atoms with Crippen LogP contribution in [0.15, 0.2) is 76.2 Å². The lowest BCUT2D eigenvalue weighted by Gasteiger charge is -2.12. The number of rotatable bonds is 6. The van der Waals surface area contributed by atoms with E-state index in [2.05, 4.69) is 0 Å². The van der Waals surface area contributed by atoms with Gasteiger partial charge in [0.15, 0.2) is 0 Å². The maximum absolute atomic E-state index is 13.0. The van der Waals surface area contributed by atoms with Gasteiger partial charge in [0, 0.05) is 27.7 Å². The molecular formula is C26H19ClN2O5S. The predicted octanol–water partition coefficient (Wildman–Crippen LogP) is 5.96. The van der Waals surface area contributed by atoms with Gasteiger partial charge < -0.3 is 13.7 Å². The quantitative estimate of drug-likeness (QED) is 0.237. The molecule has 0 aliphatic carbocycles. The molecule has 1 fully saturated rings. The molecule has 1 saturated heterocycles. The Kier molecular flexibility index (Phi) is 6.23. The van der Waals surface area contributed by atoms with Gasteiger partial charge in [-0.05, 0) is 53.7 Å². The number of furan rings is 1. The van der Waals surface area contributed by atoms with Crippen LogP contribution in [0.5, 0.6) is 0 Å². The van der Waals surface area contributed by atoms with E-state index in [9.17, 15) is 14.4 Å². The Morgan fingerprint density at radius 2 is 1.83 bits per heavy atom. The highest BCUT2D eigenvalue weighted by Crippen LogP contribution is 2.35. The lowest BCUT2D eigenvalue weighted by molar-refractivity contribution is -0.123. The Balaban J connectivity index is 1.43. The summed E-state index contributed by atoms with van der Waals surface area (Å²) in [7, 11) is 1.30. The van der Waals surface area contributed by atoms with Crippen LogP contribution in [0.25, 0.3) is 17.0 Å². The van der Waals surface area contributed by atoms with E-state index in [1.165, 1.54) is 12.0 Å². The van der Waals surface area contributed by atoms with E-state index in [0.717, 1.165) is 33.8 Å². The number of imide groups is 1. The molecule has 0 bridgehead atoms. The molecule has 2 aromatic heterocycles. The first-order valence-electron chi connectivity index (χ1n) is 10.7. The molecule has 176 valence electrons. The zero-order chi connectivity index (χ0) is 24.5. The minimum absolute atomic E-state index is 0.133. The lowest BCUT2D eigenvalue weighted by Crippen LogP contribution is -2.27. The molecule has 0 unspecified atom stereocenters. The molecule has 0 spiro atoms. The van der Waals surface area contributed by atoms with Gasteiger partial charge in [0.2, 0.25) is 5.76 Å². The molecule has 7 nitrogen and oxygen atoms in total. The number of thioether (sulfide) groups is 1. The molecular weight excluding hydrogens is 488 g/mol. The fourth-order valence-corrected chi connectivity index (χ4v) is 4.87. The third kappa shape index (κ3) is 4.62. The maximum Gasteiger partial charge on any atom is 0.373 e. The summed E-state index contributed by atoms with van der Waals surface area (Å²) in [4.78, 5) is 38.9. The molecule has 0 radical (unpaired) electrons. The van der Waals surface area contributed by atoms with E-state index in [0.29, 0.717) is 22.2 Å². The van der Waals surface area contributed by atoms with Gasteiger partial charge in [0.25, 0.3) is 11.1 Å². The number of hydrogen-bond acceptors (Lipinski definition) is 6. The maximum atomic E-state index is 13.0. The fourth-order valence-electron chi connectivity index (χ4n) is 3.91. The number of methoxy groups -OCH3 is 1. The van der Waals surface area contributed by atoms with Crippen molar-refractivity contribution in [2.24, 2.45) is 0 Å². The molecule has 4 aromatic rings. The molecule has 0 N–H and O–H groups in total. The van der Waals surface area contributed by atoms with Crippen LogP contribution < -0.4 is 0 Å². The number of esters is 1. The second-order valence-electron chi connectivity index (χ2n) is 7.88. The van der Waals surface area contributed by atoms with Gasteiger partial charge in [0.1, 0.15) is 5.76 Å². The van der Waals surface area contributed by atoms with Crippen molar-refractivity contribution in [2.45, 2.75) is 13.1 Å². The number of amides is 2. The third-order valence-corrected chi connectivity index (χ3v) is 6.77. The number of benzene rings is 2. The fraction of sp³-hybridized carbons (Fsp3) is 0.115. The van der Waals surface area contributed by atoms with Crippen LogP contribution in [0.3, 0.4) is 0 Å². The van der Waals surface area contributed by atoms with E-state index in [1.54, 1.807) is 42.5 Å². The van der Waals surface area contributed by atoms with Crippen molar-refractivity contribution in [3.8, 4) is 0 Å². The Bertz CT molecular complexity index is 1490. The van der Waals surface area contributed by atoms with E-state index in [1.807, 2.05) is 35.0 Å². The molecule has 5 rings (SSSR count). The normalized spacial score (nSPS) is 14.9. The molecule has 1 aliphatic rings. The number of fused-ring (bicyclic) bond motifs is 1. The van der Waals surface area contributed by atoms with Gasteiger partial charge in [-0.3, -0.25) is 14.5 Å². The summed E-state index contributed by atoms with van der Waals surface area (Å²) in [5, 5.41) is 1.21. The second-order valence-corrected chi connectivity index (χ2v) is 9.31. The summed E-state index contributed by atoms with van der Waals surface area (Å²) in [5.41, 5.74) is 2.55. The first-order chi connectivity index (χ1) is 16.9. The average Bonchev–Trinajstić information content (AvgIpc) is 3.54. The molecule has 35 heavy (non-hydrogen) atoms. The number of nitrogens with zero attached hydrogens (tertiary/aromatic N) is 2. The topological polar surface area (TPSA) is 81.8 Å². The smallest absolute Gasteiger partial charge is 0.373 e. The second kappa shape index (κ2) is 9.48. The predicted molar refractivity (Wildman–Crippen MR) is 134 cm³/mol. The minimum atomic E-state index is -0.538. The van der Waals surface area contributed by atoms with Crippen molar-refractivity contribution in [1.29, 1.82) is 0 Å². The Labute approximate surface area is 209 Å². The number of ether oxygens (including phenoxy) is 1. The van der Waals surface area contributed by atoms with Crippen molar-refractivity contribution in [2.75, 3.05) is 7.11 Å². The average molecular weight is 507 g/mol. The van der Waals surface area contributed by atoms with Crippen LogP contribution in [0, 0.1) is 0 Å². The van der Waals surface area contributed by atoms with Crippen LogP contribution in [0.4, 0.5) is 4.79 Å². The zero-order valence-electron chi connectivity index (χ0n) is 18.6. The van der Waals surface area contributed by atoms with Crippen LogP contribution in [-0.4, -0.2) is 33.7 Å². The van der Waals surface area contributed by atoms with E-state index >= 15 is 0 Å². The van der Waals surface area contributed by atoms with Gasteiger partial charge in [-0.25, -0.2) is 4.79 Å². The number of carbonyl (C=O) groups excluding carboxylic acids is 3. The number of halogens is 1. The SMILES string of the molecule is COC(=O)c1ccc(Cn2cc(/C=C3\SC(=O)N(Cc4ccc(Cl)cc4)C3=O)c3ccccc32)o1. The lowest BCUT2D eigenvalue weighted by atomic mass is 10.1. The van der Waals surface area contributed by atoms with Crippen LogP contribution in [0.1, 0.15) is 27.4 Å². The first kappa shape index (κ1) is 23.0. The Morgan fingerprint density at radius 1 is 1.06 bits per heavy atom. The summed E-state index contributed by atoms with van der Waals surface area (Å²) >= 11 is 6.86. The molecule has 1 aliphatic heterocycles.